The molecule has 1 saturated heterocycles. The van der Waals surface area contributed by atoms with Crippen LogP contribution in [-0.4, -0.2) is 47.8 Å². The first-order valence-corrected chi connectivity index (χ1v) is 9.01. The smallest absolute Gasteiger partial charge is 0.238 e. The van der Waals surface area contributed by atoms with Crippen LogP contribution >= 0.6 is 11.8 Å². The van der Waals surface area contributed by atoms with E-state index in [2.05, 4.69) is 4.98 Å². The van der Waals surface area contributed by atoms with E-state index in [9.17, 15) is 4.79 Å². The lowest BCUT2D eigenvalue weighted by Gasteiger charge is -2.32. The minimum atomic E-state index is -0.0296. The van der Waals surface area contributed by atoms with Crippen LogP contribution in [0.25, 0.3) is 0 Å². The summed E-state index contributed by atoms with van der Waals surface area (Å²) in [4.78, 5) is 18.5. The lowest BCUT2D eigenvalue weighted by atomic mass is 10.1. The van der Waals surface area contributed by atoms with E-state index in [-0.39, 0.29) is 12.0 Å². The highest BCUT2D eigenvalue weighted by atomic mass is 32.2. The Morgan fingerprint density at radius 3 is 3.23 bits per heavy atom. The quantitative estimate of drug-likeness (QED) is 0.852. The fourth-order valence-electron chi connectivity index (χ4n) is 2.79. The molecule has 0 aromatic carbocycles. The summed E-state index contributed by atoms with van der Waals surface area (Å²) in [5.41, 5.74) is 0.778. The molecule has 2 atom stereocenters. The van der Waals surface area contributed by atoms with Crippen LogP contribution in [0.3, 0.4) is 0 Å². The van der Waals surface area contributed by atoms with Crippen LogP contribution < -0.4 is 9.64 Å². The topological polar surface area (TPSA) is 51.7 Å². The van der Waals surface area contributed by atoms with Crippen molar-refractivity contribution in [2.24, 2.45) is 0 Å². The van der Waals surface area contributed by atoms with Gasteiger partial charge in [-0.15, -0.1) is 11.8 Å². The summed E-state index contributed by atoms with van der Waals surface area (Å²) in [6, 6.07) is 3.72. The first-order valence-electron chi connectivity index (χ1n) is 7.85. The number of aromatic nitrogens is 1. The summed E-state index contributed by atoms with van der Waals surface area (Å²) in [5, 5.41) is 0. The molecule has 1 aromatic rings. The van der Waals surface area contributed by atoms with E-state index in [1.807, 2.05) is 19.1 Å². The molecule has 1 aromatic heterocycles. The molecular formula is C16H22N2O3S. The first kappa shape index (κ1) is 15.6. The van der Waals surface area contributed by atoms with Crippen LogP contribution in [0.2, 0.25) is 0 Å². The summed E-state index contributed by atoms with van der Waals surface area (Å²) in [6.07, 6.45) is 5.48. The Bertz CT molecular complexity index is 520. The number of nitrogens with zero attached hydrogens (tertiary/aromatic N) is 2. The number of amides is 1. The summed E-state index contributed by atoms with van der Waals surface area (Å²) < 4.78 is 11.4. The normalized spacial score (nSPS) is 24.5. The third kappa shape index (κ3) is 3.73. The van der Waals surface area contributed by atoms with Crippen molar-refractivity contribution < 1.29 is 14.3 Å². The Morgan fingerprint density at radius 1 is 1.50 bits per heavy atom. The lowest BCUT2D eigenvalue weighted by Crippen LogP contribution is -2.43. The molecule has 120 valence electrons. The zero-order valence-electron chi connectivity index (χ0n) is 12.9. The van der Waals surface area contributed by atoms with Gasteiger partial charge in [-0.05, 0) is 38.3 Å². The molecule has 22 heavy (non-hydrogen) atoms. The van der Waals surface area contributed by atoms with Crippen molar-refractivity contribution in [1.82, 2.24) is 4.98 Å². The van der Waals surface area contributed by atoms with Gasteiger partial charge in [0, 0.05) is 18.6 Å². The Labute approximate surface area is 135 Å². The molecular weight excluding hydrogens is 300 g/mol. The monoisotopic (exact) mass is 322 g/mol. The second kappa shape index (κ2) is 7.33. The molecule has 0 bridgehead atoms. The van der Waals surface area contributed by atoms with Gasteiger partial charge >= 0.3 is 0 Å². The number of thioether (sulfide) groups is 1. The largest absolute Gasteiger partial charge is 0.471 e. The molecule has 3 heterocycles. The zero-order chi connectivity index (χ0) is 15.4. The molecule has 0 unspecified atom stereocenters. The second-order valence-corrected chi connectivity index (χ2v) is 6.79. The average molecular weight is 322 g/mol. The van der Waals surface area contributed by atoms with E-state index in [1.54, 1.807) is 22.9 Å². The van der Waals surface area contributed by atoms with E-state index < -0.39 is 0 Å². The van der Waals surface area contributed by atoms with Gasteiger partial charge in [-0.25, -0.2) is 4.98 Å². The first-order chi connectivity index (χ1) is 10.7. The molecule has 6 heteroatoms. The zero-order valence-corrected chi connectivity index (χ0v) is 13.7. The van der Waals surface area contributed by atoms with Crippen LogP contribution in [0.5, 0.6) is 5.88 Å². The van der Waals surface area contributed by atoms with Crippen molar-refractivity contribution in [3.05, 3.63) is 18.3 Å². The highest BCUT2D eigenvalue weighted by Crippen LogP contribution is 2.31. The number of pyridine rings is 1. The van der Waals surface area contributed by atoms with E-state index in [4.69, 9.17) is 9.47 Å². The number of hydrogen-bond acceptors (Lipinski definition) is 5. The number of hydrogen-bond donors (Lipinski definition) is 0. The number of carbonyl (C=O) groups is 1. The van der Waals surface area contributed by atoms with E-state index in [0.29, 0.717) is 24.3 Å². The van der Waals surface area contributed by atoms with Crippen molar-refractivity contribution >= 4 is 23.4 Å². The summed E-state index contributed by atoms with van der Waals surface area (Å²) >= 11 is 1.66. The Hall–Kier alpha value is -1.27. The maximum atomic E-state index is 12.5. The van der Waals surface area contributed by atoms with Gasteiger partial charge in [0.1, 0.15) is 11.8 Å². The molecule has 0 spiro atoms. The van der Waals surface area contributed by atoms with Crippen molar-refractivity contribution in [2.75, 3.05) is 29.6 Å². The highest BCUT2D eigenvalue weighted by Gasteiger charge is 2.28. The molecule has 0 aliphatic carbocycles. The van der Waals surface area contributed by atoms with Gasteiger partial charge < -0.3 is 14.4 Å². The van der Waals surface area contributed by atoms with Crippen molar-refractivity contribution in [1.29, 1.82) is 0 Å². The van der Waals surface area contributed by atoms with Crippen molar-refractivity contribution in [2.45, 2.75) is 38.4 Å². The maximum absolute atomic E-state index is 12.5. The van der Waals surface area contributed by atoms with Gasteiger partial charge in [-0.2, -0.15) is 0 Å². The predicted molar refractivity (Wildman–Crippen MR) is 87.6 cm³/mol. The molecule has 5 nitrogen and oxygen atoms in total. The minimum Gasteiger partial charge on any atom is -0.471 e. The molecule has 1 fully saturated rings. The third-order valence-electron chi connectivity index (χ3n) is 3.90. The van der Waals surface area contributed by atoms with E-state index >= 15 is 0 Å². The van der Waals surface area contributed by atoms with Crippen LogP contribution in [0.1, 0.15) is 26.2 Å². The molecule has 0 saturated carbocycles. The maximum Gasteiger partial charge on any atom is 0.238 e. The fourth-order valence-corrected chi connectivity index (χ4v) is 3.77. The lowest BCUT2D eigenvalue weighted by molar-refractivity contribution is -0.116. The third-order valence-corrected chi connectivity index (χ3v) is 4.96. The van der Waals surface area contributed by atoms with Crippen molar-refractivity contribution in [3.8, 4) is 5.88 Å². The number of fused-ring (bicyclic) bond motifs is 1. The Kier molecular flexibility index (Phi) is 5.20. The van der Waals surface area contributed by atoms with Gasteiger partial charge in [-0.1, -0.05) is 0 Å². The molecule has 3 rings (SSSR count). The fraction of sp³-hybridized carbons (Fsp3) is 0.625. The Balaban J connectivity index is 1.55. The molecule has 1 amide bonds. The SMILES string of the molecule is C[C@H]1CN(C(=O)CSC[C@@H]2CCCCO2)c2cccnc2O1. The second-order valence-electron chi connectivity index (χ2n) is 5.76. The van der Waals surface area contributed by atoms with Crippen LogP contribution in [0, 0.1) is 0 Å². The van der Waals surface area contributed by atoms with Crippen LogP contribution in [0.15, 0.2) is 18.3 Å². The van der Waals surface area contributed by atoms with Gasteiger partial charge in [-0.3, -0.25) is 4.79 Å². The van der Waals surface area contributed by atoms with Crippen molar-refractivity contribution in [3.63, 3.8) is 0 Å². The summed E-state index contributed by atoms with van der Waals surface area (Å²) in [7, 11) is 0. The number of carbonyl (C=O) groups excluding carboxylic acids is 1. The summed E-state index contributed by atoms with van der Waals surface area (Å²) in [5.74, 6) is 2.03. The van der Waals surface area contributed by atoms with E-state index in [0.717, 1.165) is 30.9 Å². The van der Waals surface area contributed by atoms with Gasteiger partial charge in [0.25, 0.3) is 0 Å². The Morgan fingerprint density at radius 2 is 2.41 bits per heavy atom. The number of ether oxygens (including phenoxy) is 2. The molecule has 0 N–H and O–H groups in total. The number of anilines is 1. The highest BCUT2D eigenvalue weighted by molar-refractivity contribution is 8.00. The number of rotatable bonds is 4. The van der Waals surface area contributed by atoms with E-state index in [1.165, 1.54) is 6.42 Å². The minimum absolute atomic E-state index is 0.0296. The van der Waals surface area contributed by atoms with Crippen LogP contribution in [0.4, 0.5) is 5.69 Å². The van der Waals surface area contributed by atoms with Crippen LogP contribution in [-0.2, 0) is 9.53 Å². The standard InChI is InChI=1S/C16H22N2O3S/c1-12-9-18(14-6-4-7-17-16(14)21-12)15(19)11-22-10-13-5-2-3-8-20-13/h4,6-7,12-13H,2-3,5,8-11H2,1H3/t12-,13-/m0/s1. The summed E-state index contributed by atoms with van der Waals surface area (Å²) in [6.45, 7) is 3.40. The van der Waals surface area contributed by atoms with Gasteiger partial charge in [0.2, 0.25) is 11.8 Å². The molecule has 2 aliphatic rings. The average Bonchev–Trinajstić information content (AvgIpc) is 2.55. The molecule has 2 aliphatic heterocycles. The predicted octanol–water partition coefficient (Wildman–Crippen LogP) is 2.50. The molecule has 0 radical (unpaired) electrons. The van der Waals surface area contributed by atoms with Gasteiger partial charge in [0.05, 0.1) is 18.4 Å². The van der Waals surface area contributed by atoms with Gasteiger partial charge in [0.15, 0.2) is 0 Å².